The third-order valence-corrected chi connectivity index (χ3v) is 3.71. The van der Waals surface area contributed by atoms with Crippen LogP contribution in [0, 0.1) is 0 Å². The minimum absolute atomic E-state index is 0.572. The third-order valence-electron chi connectivity index (χ3n) is 3.71. The fourth-order valence-corrected chi connectivity index (χ4v) is 2.41. The van der Waals surface area contributed by atoms with Crippen molar-refractivity contribution in [3.63, 3.8) is 0 Å². The van der Waals surface area contributed by atoms with Crippen LogP contribution in [-0.4, -0.2) is 27.4 Å². The van der Waals surface area contributed by atoms with Crippen molar-refractivity contribution in [3.8, 4) is 0 Å². The number of nitrogens with zero attached hydrogens (tertiary/aromatic N) is 4. The molecule has 0 unspecified atom stereocenters. The van der Waals surface area contributed by atoms with Gasteiger partial charge in [-0.2, -0.15) is 9.61 Å². The van der Waals surface area contributed by atoms with Gasteiger partial charge in [0.05, 0.1) is 0 Å². The summed E-state index contributed by atoms with van der Waals surface area (Å²) in [5, 5.41) is 7.71. The van der Waals surface area contributed by atoms with Gasteiger partial charge in [-0.25, -0.2) is 4.98 Å². The van der Waals surface area contributed by atoms with Gasteiger partial charge in [-0.05, 0) is 29.9 Å². The van der Waals surface area contributed by atoms with Gasteiger partial charge in [0.25, 0.3) is 0 Å². The molecule has 1 fully saturated rings. The molecule has 1 aliphatic carbocycles. The Morgan fingerprint density at radius 3 is 3.00 bits per heavy atom. The van der Waals surface area contributed by atoms with Crippen molar-refractivity contribution in [2.24, 2.45) is 0 Å². The monoisotopic (exact) mass is 275 g/mol. The van der Waals surface area contributed by atoms with E-state index in [1.807, 2.05) is 18.3 Å². The molecule has 1 aliphatic rings. The predicted octanol–water partition coefficient (Wildman–Crippen LogP) is 1.41. The Bertz CT molecular complexity index is 779. The molecule has 21 heavy (non-hydrogen) atoms. The Balaban J connectivity index is 1.69. The third kappa shape index (κ3) is 2.37. The standard InChI is InChI=1S/C15H14BN5/c16-12-9-19-21-14(18-8-10-2-1-5-17-7-10)6-13(11-3-4-11)20-15(12)21/h1-2,5-7,9,11,18H,3-4,8H2. The summed E-state index contributed by atoms with van der Waals surface area (Å²) in [6.45, 7) is 0.691. The van der Waals surface area contributed by atoms with Crippen LogP contribution in [0.1, 0.15) is 30.0 Å². The average Bonchev–Trinajstić information content (AvgIpc) is 3.31. The maximum atomic E-state index is 5.96. The normalized spacial score (nSPS) is 14.5. The number of hydrogen-bond donors (Lipinski definition) is 1. The van der Waals surface area contributed by atoms with Crippen molar-refractivity contribution in [2.75, 3.05) is 5.32 Å². The van der Waals surface area contributed by atoms with Crippen LogP contribution in [-0.2, 0) is 6.54 Å². The fraction of sp³-hybridized carbons (Fsp3) is 0.267. The van der Waals surface area contributed by atoms with E-state index in [0.29, 0.717) is 17.9 Å². The summed E-state index contributed by atoms with van der Waals surface area (Å²) in [6, 6.07) is 6.05. The number of aromatic nitrogens is 4. The molecule has 0 spiro atoms. The molecule has 6 heteroatoms. The minimum atomic E-state index is 0.572. The number of anilines is 1. The molecule has 3 heterocycles. The molecule has 4 rings (SSSR count). The molecule has 5 nitrogen and oxygen atoms in total. The Labute approximate surface area is 123 Å². The van der Waals surface area contributed by atoms with Crippen molar-refractivity contribution in [3.05, 3.63) is 48.0 Å². The Kier molecular flexibility index (Phi) is 2.87. The number of rotatable bonds is 4. The van der Waals surface area contributed by atoms with Gasteiger partial charge in [0.15, 0.2) is 0 Å². The van der Waals surface area contributed by atoms with Crippen molar-refractivity contribution in [1.82, 2.24) is 19.6 Å². The molecular weight excluding hydrogens is 261 g/mol. The summed E-state index contributed by atoms with van der Waals surface area (Å²) in [5.41, 5.74) is 3.56. The van der Waals surface area contributed by atoms with Gasteiger partial charge in [-0.1, -0.05) is 6.07 Å². The lowest BCUT2D eigenvalue weighted by atomic mass is 10.0. The fourth-order valence-electron chi connectivity index (χ4n) is 2.41. The molecule has 0 saturated heterocycles. The number of nitrogens with one attached hydrogen (secondary N) is 1. The first-order chi connectivity index (χ1) is 10.3. The molecule has 3 aromatic rings. The molecule has 0 atom stereocenters. The van der Waals surface area contributed by atoms with E-state index in [9.17, 15) is 0 Å². The van der Waals surface area contributed by atoms with E-state index in [1.54, 1.807) is 16.9 Å². The molecule has 1 saturated carbocycles. The largest absolute Gasteiger partial charge is 0.366 e. The summed E-state index contributed by atoms with van der Waals surface area (Å²) in [5.74, 6) is 1.49. The Morgan fingerprint density at radius 1 is 1.33 bits per heavy atom. The Morgan fingerprint density at radius 2 is 2.24 bits per heavy atom. The second-order valence-electron chi connectivity index (χ2n) is 5.39. The summed E-state index contributed by atoms with van der Waals surface area (Å²) < 4.78 is 1.76. The second-order valence-corrected chi connectivity index (χ2v) is 5.39. The van der Waals surface area contributed by atoms with E-state index >= 15 is 0 Å². The maximum Gasteiger partial charge on any atom is 0.150 e. The molecule has 0 aromatic carbocycles. The van der Waals surface area contributed by atoms with E-state index in [1.165, 1.54) is 12.8 Å². The highest BCUT2D eigenvalue weighted by Gasteiger charge is 2.26. The SMILES string of the molecule is [B]c1cnn2c(NCc3cccnc3)cc(C3CC3)nc12. The molecule has 3 aromatic heterocycles. The van der Waals surface area contributed by atoms with Gasteiger partial charge in [-0.3, -0.25) is 4.98 Å². The van der Waals surface area contributed by atoms with Gasteiger partial charge in [0, 0.05) is 42.8 Å². The molecule has 2 radical (unpaired) electrons. The highest BCUT2D eigenvalue weighted by Crippen LogP contribution is 2.39. The van der Waals surface area contributed by atoms with Crippen LogP contribution in [0.25, 0.3) is 5.65 Å². The lowest BCUT2D eigenvalue weighted by Crippen LogP contribution is -2.10. The zero-order chi connectivity index (χ0) is 14.2. The molecular formula is C15H14BN5. The van der Waals surface area contributed by atoms with Crippen LogP contribution >= 0.6 is 0 Å². The minimum Gasteiger partial charge on any atom is -0.366 e. The molecule has 102 valence electrons. The van der Waals surface area contributed by atoms with Crippen molar-refractivity contribution < 1.29 is 0 Å². The zero-order valence-corrected chi connectivity index (χ0v) is 11.5. The van der Waals surface area contributed by atoms with E-state index in [-0.39, 0.29) is 0 Å². The first-order valence-corrected chi connectivity index (χ1v) is 7.08. The molecule has 0 bridgehead atoms. The van der Waals surface area contributed by atoms with Crippen LogP contribution < -0.4 is 10.8 Å². The van der Waals surface area contributed by atoms with Gasteiger partial charge >= 0.3 is 0 Å². The second kappa shape index (κ2) is 4.88. The van der Waals surface area contributed by atoms with Crippen molar-refractivity contribution >= 4 is 24.8 Å². The number of fused-ring (bicyclic) bond motifs is 1. The zero-order valence-electron chi connectivity index (χ0n) is 11.5. The van der Waals surface area contributed by atoms with Crippen molar-refractivity contribution in [1.29, 1.82) is 0 Å². The van der Waals surface area contributed by atoms with Crippen LogP contribution in [0.5, 0.6) is 0 Å². The van der Waals surface area contributed by atoms with Gasteiger partial charge in [0.1, 0.15) is 19.3 Å². The quantitative estimate of drug-likeness (QED) is 0.731. The van der Waals surface area contributed by atoms with Gasteiger partial charge in [0.2, 0.25) is 0 Å². The first kappa shape index (κ1) is 12.4. The lowest BCUT2D eigenvalue weighted by Gasteiger charge is -2.10. The summed E-state index contributed by atoms with van der Waals surface area (Å²) in [6.07, 6.45) is 7.69. The molecule has 1 N–H and O–H groups in total. The van der Waals surface area contributed by atoms with E-state index in [4.69, 9.17) is 7.85 Å². The maximum absolute atomic E-state index is 5.96. The molecule has 0 aliphatic heterocycles. The van der Waals surface area contributed by atoms with Crippen LogP contribution in [0.15, 0.2) is 36.8 Å². The highest BCUT2D eigenvalue weighted by molar-refractivity contribution is 6.36. The summed E-state index contributed by atoms with van der Waals surface area (Å²) >= 11 is 0. The van der Waals surface area contributed by atoms with E-state index in [2.05, 4.69) is 26.4 Å². The van der Waals surface area contributed by atoms with Crippen LogP contribution in [0.2, 0.25) is 0 Å². The van der Waals surface area contributed by atoms with E-state index in [0.717, 1.165) is 22.7 Å². The summed E-state index contributed by atoms with van der Waals surface area (Å²) in [4.78, 5) is 8.76. The molecule has 0 amide bonds. The van der Waals surface area contributed by atoms with E-state index < -0.39 is 0 Å². The Hall–Kier alpha value is -2.37. The van der Waals surface area contributed by atoms with Crippen LogP contribution in [0.4, 0.5) is 5.82 Å². The lowest BCUT2D eigenvalue weighted by molar-refractivity contribution is 0.898. The highest BCUT2D eigenvalue weighted by atomic mass is 15.3. The average molecular weight is 275 g/mol. The number of hydrogen-bond acceptors (Lipinski definition) is 4. The summed E-state index contributed by atoms with van der Waals surface area (Å²) in [7, 11) is 5.96. The predicted molar refractivity (Wildman–Crippen MR) is 81.9 cm³/mol. The van der Waals surface area contributed by atoms with Crippen molar-refractivity contribution in [2.45, 2.75) is 25.3 Å². The smallest absolute Gasteiger partial charge is 0.150 e. The van der Waals surface area contributed by atoms with Gasteiger partial charge < -0.3 is 5.32 Å². The topological polar surface area (TPSA) is 55.1 Å². The van der Waals surface area contributed by atoms with Gasteiger partial charge in [-0.15, -0.1) is 0 Å². The number of pyridine rings is 1. The first-order valence-electron chi connectivity index (χ1n) is 7.08. The van der Waals surface area contributed by atoms with Crippen LogP contribution in [0.3, 0.4) is 0 Å².